The molecule has 6 nitrogen and oxygen atoms in total. The standard InChI is InChI=1S/C8H13N3O3S2/c1-5-7(15-8(12)10-5)16(13,14)11-3-2-6(9)4-11/h6H,2-4,9H2,1H3,(H,10,12)/t6-/m1/s1. The quantitative estimate of drug-likeness (QED) is 0.749. The van der Waals surface area contributed by atoms with Crippen LogP contribution in [0.15, 0.2) is 9.00 Å². The minimum atomic E-state index is -3.54. The molecule has 1 fully saturated rings. The van der Waals surface area contributed by atoms with E-state index in [0.29, 0.717) is 25.2 Å². The molecule has 1 aromatic heterocycles. The highest BCUT2D eigenvalue weighted by Gasteiger charge is 2.33. The van der Waals surface area contributed by atoms with Crippen LogP contribution in [0.5, 0.6) is 0 Å². The third-order valence-electron chi connectivity index (χ3n) is 2.54. The maximum absolute atomic E-state index is 12.1. The molecule has 1 saturated heterocycles. The summed E-state index contributed by atoms with van der Waals surface area (Å²) in [5.74, 6) is 0. The zero-order valence-electron chi connectivity index (χ0n) is 8.76. The summed E-state index contributed by atoms with van der Waals surface area (Å²) in [4.78, 5) is 13.2. The van der Waals surface area contributed by atoms with Gasteiger partial charge in [-0.3, -0.25) is 4.79 Å². The summed E-state index contributed by atoms with van der Waals surface area (Å²) in [6.45, 7) is 2.34. The number of hydrogen-bond acceptors (Lipinski definition) is 5. The van der Waals surface area contributed by atoms with Gasteiger partial charge in [-0.25, -0.2) is 8.42 Å². The maximum atomic E-state index is 12.1. The SMILES string of the molecule is Cc1[nH]c(=O)sc1S(=O)(=O)N1CC[C@@H](N)C1. The van der Waals surface area contributed by atoms with Crippen LogP contribution in [0.3, 0.4) is 0 Å². The fourth-order valence-electron chi connectivity index (χ4n) is 1.73. The number of hydrogen-bond donors (Lipinski definition) is 2. The number of sulfonamides is 1. The number of H-pyrrole nitrogens is 1. The molecule has 0 spiro atoms. The van der Waals surface area contributed by atoms with Gasteiger partial charge in [-0.2, -0.15) is 4.31 Å². The number of thiazole rings is 1. The topological polar surface area (TPSA) is 96.3 Å². The van der Waals surface area contributed by atoms with Crippen molar-refractivity contribution in [2.75, 3.05) is 13.1 Å². The lowest BCUT2D eigenvalue weighted by Crippen LogP contribution is -2.31. The van der Waals surface area contributed by atoms with E-state index < -0.39 is 10.0 Å². The second-order valence-corrected chi connectivity index (χ2v) is 6.96. The third kappa shape index (κ3) is 1.93. The molecule has 1 atom stereocenters. The second kappa shape index (κ2) is 3.95. The first kappa shape index (κ1) is 11.8. The van der Waals surface area contributed by atoms with E-state index in [2.05, 4.69) is 4.98 Å². The molecule has 2 rings (SSSR count). The van der Waals surface area contributed by atoms with Crippen LogP contribution in [0.4, 0.5) is 0 Å². The molecule has 1 aliphatic heterocycles. The minimum absolute atomic E-state index is 0.103. The van der Waals surface area contributed by atoms with E-state index in [4.69, 9.17) is 5.73 Å². The first-order valence-corrected chi connectivity index (χ1v) is 7.12. The average Bonchev–Trinajstić information content (AvgIpc) is 2.73. The van der Waals surface area contributed by atoms with Gasteiger partial charge in [0.05, 0.1) is 0 Å². The highest BCUT2D eigenvalue weighted by Crippen LogP contribution is 2.24. The van der Waals surface area contributed by atoms with Crippen molar-refractivity contribution in [1.29, 1.82) is 0 Å². The molecule has 90 valence electrons. The molecule has 0 amide bonds. The Morgan fingerprint density at radius 3 is 2.69 bits per heavy atom. The summed E-state index contributed by atoms with van der Waals surface area (Å²) in [6.07, 6.45) is 0.664. The molecule has 0 aliphatic carbocycles. The molecule has 0 saturated carbocycles. The predicted octanol–water partition coefficient (Wildman–Crippen LogP) is -0.533. The minimum Gasteiger partial charge on any atom is -0.326 e. The van der Waals surface area contributed by atoms with Crippen LogP contribution in [0.2, 0.25) is 0 Å². The van der Waals surface area contributed by atoms with E-state index in [1.807, 2.05) is 0 Å². The molecular weight excluding hydrogens is 250 g/mol. The van der Waals surface area contributed by atoms with E-state index in [-0.39, 0.29) is 15.1 Å². The van der Waals surface area contributed by atoms with Crippen molar-refractivity contribution >= 4 is 21.4 Å². The van der Waals surface area contributed by atoms with Crippen LogP contribution in [0.1, 0.15) is 12.1 Å². The third-order valence-corrected chi connectivity index (χ3v) is 5.99. The van der Waals surface area contributed by atoms with Gasteiger partial charge in [-0.05, 0) is 13.3 Å². The molecular formula is C8H13N3O3S2. The molecule has 0 radical (unpaired) electrons. The van der Waals surface area contributed by atoms with Gasteiger partial charge < -0.3 is 10.7 Å². The summed E-state index contributed by atoms with van der Waals surface area (Å²) >= 11 is 0.728. The maximum Gasteiger partial charge on any atom is 0.305 e. The second-order valence-electron chi connectivity index (χ2n) is 3.84. The smallest absolute Gasteiger partial charge is 0.305 e. The van der Waals surface area contributed by atoms with Gasteiger partial charge in [0.2, 0.25) is 0 Å². The average molecular weight is 263 g/mol. The highest BCUT2D eigenvalue weighted by molar-refractivity contribution is 7.91. The van der Waals surface area contributed by atoms with Gasteiger partial charge in [0.25, 0.3) is 10.0 Å². The summed E-state index contributed by atoms with van der Waals surface area (Å²) in [5, 5.41) is 0. The van der Waals surface area contributed by atoms with Gasteiger partial charge in [0, 0.05) is 24.8 Å². The molecule has 0 aromatic carbocycles. The van der Waals surface area contributed by atoms with Crippen molar-refractivity contribution in [2.24, 2.45) is 5.73 Å². The van der Waals surface area contributed by atoms with Gasteiger partial charge in [-0.1, -0.05) is 11.3 Å². The first-order valence-electron chi connectivity index (χ1n) is 4.86. The number of nitrogens with one attached hydrogen (secondary N) is 1. The van der Waals surface area contributed by atoms with Crippen LogP contribution in [-0.2, 0) is 10.0 Å². The van der Waals surface area contributed by atoms with Crippen LogP contribution in [-0.4, -0.2) is 36.8 Å². The van der Waals surface area contributed by atoms with E-state index >= 15 is 0 Å². The number of rotatable bonds is 2. The van der Waals surface area contributed by atoms with Crippen molar-refractivity contribution in [3.8, 4) is 0 Å². The Kier molecular flexibility index (Phi) is 2.91. The zero-order chi connectivity index (χ0) is 11.9. The van der Waals surface area contributed by atoms with Crippen molar-refractivity contribution in [3.05, 3.63) is 15.4 Å². The van der Waals surface area contributed by atoms with Crippen LogP contribution in [0.25, 0.3) is 0 Å². The van der Waals surface area contributed by atoms with Crippen molar-refractivity contribution in [3.63, 3.8) is 0 Å². The van der Waals surface area contributed by atoms with Crippen LogP contribution < -0.4 is 10.6 Å². The lowest BCUT2D eigenvalue weighted by atomic mass is 10.3. The van der Waals surface area contributed by atoms with Gasteiger partial charge >= 0.3 is 4.87 Å². The molecule has 16 heavy (non-hydrogen) atoms. The fraction of sp³-hybridized carbons (Fsp3) is 0.625. The first-order chi connectivity index (χ1) is 7.41. The number of aryl methyl sites for hydroxylation is 1. The van der Waals surface area contributed by atoms with Gasteiger partial charge in [-0.15, -0.1) is 0 Å². The van der Waals surface area contributed by atoms with Crippen LogP contribution >= 0.6 is 11.3 Å². The number of aromatic nitrogens is 1. The molecule has 1 aliphatic rings. The van der Waals surface area contributed by atoms with E-state index in [1.165, 1.54) is 4.31 Å². The highest BCUT2D eigenvalue weighted by atomic mass is 32.2. The Morgan fingerprint density at radius 2 is 2.25 bits per heavy atom. The predicted molar refractivity (Wildman–Crippen MR) is 61.0 cm³/mol. The zero-order valence-corrected chi connectivity index (χ0v) is 10.4. The normalized spacial score (nSPS) is 22.8. The van der Waals surface area contributed by atoms with Crippen LogP contribution in [0, 0.1) is 6.92 Å². The lowest BCUT2D eigenvalue weighted by Gasteiger charge is -2.14. The summed E-state index contributed by atoms with van der Waals surface area (Å²) < 4.78 is 25.7. The molecule has 3 N–H and O–H groups in total. The van der Waals surface area contributed by atoms with Crippen molar-refractivity contribution in [2.45, 2.75) is 23.6 Å². The Balaban J connectivity index is 2.39. The summed E-state index contributed by atoms with van der Waals surface area (Å²) in [7, 11) is -3.54. The van der Waals surface area contributed by atoms with E-state index in [0.717, 1.165) is 11.3 Å². The molecule has 8 heteroatoms. The van der Waals surface area contributed by atoms with Crippen molar-refractivity contribution < 1.29 is 8.42 Å². The Morgan fingerprint density at radius 1 is 1.56 bits per heavy atom. The molecule has 2 heterocycles. The van der Waals surface area contributed by atoms with E-state index in [1.54, 1.807) is 6.92 Å². The van der Waals surface area contributed by atoms with E-state index in [9.17, 15) is 13.2 Å². The van der Waals surface area contributed by atoms with Gasteiger partial charge in [0.15, 0.2) is 4.21 Å². The molecule has 0 unspecified atom stereocenters. The Labute approximate surface area is 97.1 Å². The monoisotopic (exact) mass is 263 g/mol. The molecule has 1 aromatic rings. The fourth-order valence-corrected chi connectivity index (χ4v) is 4.67. The van der Waals surface area contributed by atoms with Crippen molar-refractivity contribution in [1.82, 2.24) is 9.29 Å². The lowest BCUT2D eigenvalue weighted by molar-refractivity contribution is 0.473. The summed E-state index contributed by atoms with van der Waals surface area (Å²) in [5.41, 5.74) is 6.07. The Hall–Kier alpha value is -0.700. The number of aromatic amines is 1. The Bertz CT molecular complexity index is 545. The number of nitrogens with two attached hydrogens (primary N) is 1. The summed E-state index contributed by atoms with van der Waals surface area (Å²) in [6, 6.07) is -0.106. The largest absolute Gasteiger partial charge is 0.326 e. The van der Waals surface area contributed by atoms with Gasteiger partial charge in [0.1, 0.15) is 0 Å². The number of nitrogens with zero attached hydrogens (tertiary/aromatic N) is 1. The molecule has 0 bridgehead atoms.